The number of thiophene rings is 1. The first kappa shape index (κ1) is 15.9. The van der Waals surface area contributed by atoms with Crippen LogP contribution in [0.1, 0.15) is 16.6 Å². The van der Waals surface area contributed by atoms with Gasteiger partial charge in [0.15, 0.2) is 5.75 Å². The number of nitrogens with zero attached hydrogens (tertiary/aromatic N) is 3. The van der Waals surface area contributed by atoms with Gasteiger partial charge in [-0.05, 0) is 6.54 Å². The van der Waals surface area contributed by atoms with Crippen molar-refractivity contribution in [2.45, 2.75) is 6.92 Å². The molecule has 2 N–H and O–H groups in total. The third-order valence-electron chi connectivity index (χ3n) is 3.79. The van der Waals surface area contributed by atoms with Crippen molar-refractivity contribution in [3.05, 3.63) is 4.88 Å². The van der Waals surface area contributed by atoms with E-state index in [4.69, 9.17) is 10.5 Å². The number of amides is 1. The number of carbonyl (C=O) groups is 1. The Balaban J connectivity index is 2.27. The Bertz CT molecular complexity index is 507. The van der Waals surface area contributed by atoms with E-state index in [0.717, 1.165) is 37.7 Å². The molecule has 0 saturated carbocycles. The maximum Gasteiger partial charge on any atom is 0.265 e. The smallest absolute Gasteiger partial charge is 0.265 e. The molecule has 0 spiro atoms. The van der Waals surface area contributed by atoms with Gasteiger partial charge in [-0.2, -0.15) is 0 Å². The van der Waals surface area contributed by atoms with Gasteiger partial charge in [-0.1, -0.05) is 6.92 Å². The molecule has 21 heavy (non-hydrogen) atoms. The number of carbonyl (C=O) groups excluding carboxylic acids is 1. The number of methoxy groups -OCH3 is 1. The van der Waals surface area contributed by atoms with E-state index in [1.807, 2.05) is 0 Å². The zero-order valence-corrected chi connectivity index (χ0v) is 14.0. The second-order valence-electron chi connectivity index (χ2n) is 5.30. The molecular formula is C14H24N4O2S. The predicted molar refractivity (Wildman–Crippen MR) is 87.6 cm³/mol. The number of anilines is 2. The number of hydrogen-bond acceptors (Lipinski definition) is 6. The van der Waals surface area contributed by atoms with Crippen molar-refractivity contribution in [2.75, 3.05) is 64.6 Å². The molecule has 1 aromatic rings. The summed E-state index contributed by atoms with van der Waals surface area (Å²) in [6.07, 6.45) is 0. The van der Waals surface area contributed by atoms with Gasteiger partial charge in [0.05, 0.1) is 7.11 Å². The van der Waals surface area contributed by atoms with Gasteiger partial charge < -0.3 is 25.2 Å². The normalized spacial score (nSPS) is 16.1. The van der Waals surface area contributed by atoms with Crippen molar-refractivity contribution < 1.29 is 9.53 Å². The number of nitrogen functional groups attached to an aromatic ring is 1. The van der Waals surface area contributed by atoms with Gasteiger partial charge in [0, 0.05) is 40.3 Å². The van der Waals surface area contributed by atoms with Crippen LogP contribution in [0.3, 0.4) is 0 Å². The van der Waals surface area contributed by atoms with Crippen molar-refractivity contribution in [3.63, 3.8) is 0 Å². The fourth-order valence-corrected chi connectivity index (χ4v) is 3.71. The SMILES string of the molecule is CCN1CCN(c2sc(C(=O)N(C)C)c(N)c2OC)CC1. The molecular weight excluding hydrogens is 288 g/mol. The van der Waals surface area contributed by atoms with Gasteiger partial charge in [-0.25, -0.2) is 0 Å². The Morgan fingerprint density at radius 2 is 1.95 bits per heavy atom. The van der Waals surface area contributed by atoms with Crippen LogP contribution in [0.5, 0.6) is 5.75 Å². The summed E-state index contributed by atoms with van der Waals surface area (Å²) >= 11 is 1.43. The van der Waals surface area contributed by atoms with Crippen LogP contribution >= 0.6 is 11.3 Å². The minimum atomic E-state index is -0.0748. The third-order valence-corrected chi connectivity index (χ3v) is 5.03. The summed E-state index contributed by atoms with van der Waals surface area (Å²) in [4.78, 5) is 19.0. The molecule has 1 saturated heterocycles. The van der Waals surface area contributed by atoms with Crippen LogP contribution in [0.2, 0.25) is 0 Å². The molecule has 1 fully saturated rings. The molecule has 7 heteroatoms. The average molecular weight is 312 g/mol. The zero-order valence-electron chi connectivity index (χ0n) is 13.2. The number of piperazine rings is 1. The van der Waals surface area contributed by atoms with Gasteiger partial charge in [0.2, 0.25) is 0 Å². The highest BCUT2D eigenvalue weighted by molar-refractivity contribution is 7.19. The molecule has 118 valence electrons. The molecule has 1 aromatic heterocycles. The molecule has 1 aliphatic rings. The maximum atomic E-state index is 12.2. The Morgan fingerprint density at radius 1 is 1.33 bits per heavy atom. The molecule has 0 atom stereocenters. The van der Waals surface area contributed by atoms with E-state index in [1.54, 1.807) is 26.1 Å². The first-order valence-electron chi connectivity index (χ1n) is 7.14. The van der Waals surface area contributed by atoms with Gasteiger partial charge in [0.25, 0.3) is 5.91 Å². The average Bonchev–Trinajstić information content (AvgIpc) is 2.83. The minimum absolute atomic E-state index is 0.0748. The first-order chi connectivity index (χ1) is 9.99. The van der Waals surface area contributed by atoms with Crippen LogP contribution in [-0.2, 0) is 0 Å². The second-order valence-corrected chi connectivity index (χ2v) is 6.30. The highest BCUT2D eigenvalue weighted by Gasteiger charge is 2.27. The summed E-state index contributed by atoms with van der Waals surface area (Å²) in [6, 6.07) is 0. The first-order valence-corrected chi connectivity index (χ1v) is 7.96. The molecule has 0 unspecified atom stereocenters. The van der Waals surface area contributed by atoms with Gasteiger partial charge in [-0.15, -0.1) is 11.3 Å². The summed E-state index contributed by atoms with van der Waals surface area (Å²) in [6.45, 7) is 7.15. The van der Waals surface area contributed by atoms with Crippen LogP contribution in [-0.4, -0.2) is 69.6 Å². The minimum Gasteiger partial charge on any atom is -0.492 e. The zero-order chi connectivity index (χ0) is 15.6. The van der Waals surface area contributed by atoms with E-state index in [1.165, 1.54) is 11.3 Å². The lowest BCUT2D eigenvalue weighted by molar-refractivity contribution is 0.0833. The topological polar surface area (TPSA) is 62.0 Å². The molecule has 1 amide bonds. The lowest BCUT2D eigenvalue weighted by atomic mass is 10.3. The van der Waals surface area contributed by atoms with Crippen molar-refractivity contribution in [2.24, 2.45) is 0 Å². The van der Waals surface area contributed by atoms with E-state index in [0.29, 0.717) is 16.3 Å². The number of nitrogens with two attached hydrogens (primary N) is 1. The quantitative estimate of drug-likeness (QED) is 0.905. The molecule has 6 nitrogen and oxygen atoms in total. The monoisotopic (exact) mass is 312 g/mol. The van der Waals surface area contributed by atoms with Crippen molar-refractivity contribution in [1.29, 1.82) is 0 Å². The fourth-order valence-electron chi connectivity index (χ4n) is 2.45. The molecule has 1 aliphatic heterocycles. The predicted octanol–water partition coefficient (Wildman–Crippen LogP) is 1.18. The van der Waals surface area contributed by atoms with E-state index in [2.05, 4.69) is 16.7 Å². The summed E-state index contributed by atoms with van der Waals surface area (Å²) in [7, 11) is 5.06. The fraction of sp³-hybridized carbons (Fsp3) is 0.643. The van der Waals surface area contributed by atoms with Gasteiger partial charge in [-0.3, -0.25) is 4.79 Å². The summed E-state index contributed by atoms with van der Waals surface area (Å²) in [5.74, 6) is 0.560. The highest BCUT2D eigenvalue weighted by atomic mass is 32.1. The number of ether oxygens (including phenoxy) is 1. The van der Waals surface area contributed by atoms with Crippen molar-refractivity contribution in [3.8, 4) is 5.75 Å². The second kappa shape index (κ2) is 6.53. The molecule has 0 aromatic carbocycles. The Kier molecular flexibility index (Phi) is 4.95. The molecule has 2 rings (SSSR count). The molecule has 2 heterocycles. The standard InChI is InChI=1S/C14H24N4O2S/c1-5-17-6-8-18(9-7-17)14-11(20-4)10(15)12(21-14)13(19)16(2)3/h5-9,15H2,1-4H3. The Morgan fingerprint density at radius 3 is 2.43 bits per heavy atom. The highest BCUT2D eigenvalue weighted by Crippen LogP contribution is 2.45. The Hall–Kier alpha value is -1.47. The van der Waals surface area contributed by atoms with Crippen LogP contribution in [0.4, 0.5) is 10.7 Å². The van der Waals surface area contributed by atoms with Crippen molar-refractivity contribution in [1.82, 2.24) is 9.80 Å². The summed E-state index contributed by atoms with van der Waals surface area (Å²) < 4.78 is 5.45. The van der Waals surface area contributed by atoms with E-state index in [-0.39, 0.29) is 5.91 Å². The number of rotatable bonds is 4. The largest absolute Gasteiger partial charge is 0.492 e. The third kappa shape index (κ3) is 3.08. The Labute approximate surface area is 130 Å². The molecule has 0 aliphatic carbocycles. The van der Waals surface area contributed by atoms with Crippen molar-refractivity contribution >= 4 is 27.9 Å². The van der Waals surface area contributed by atoms with E-state index < -0.39 is 0 Å². The summed E-state index contributed by atoms with van der Waals surface area (Å²) in [5.41, 5.74) is 6.57. The van der Waals surface area contributed by atoms with Gasteiger partial charge >= 0.3 is 0 Å². The van der Waals surface area contributed by atoms with Crippen LogP contribution in [0.25, 0.3) is 0 Å². The van der Waals surface area contributed by atoms with Crippen LogP contribution in [0, 0.1) is 0 Å². The van der Waals surface area contributed by atoms with E-state index >= 15 is 0 Å². The number of hydrogen-bond donors (Lipinski definition) is 1. The lowest BCUT2D eigenvalue weighted by Gasteiger charge is -2.34. The van der Waals surface area contributed by atoms with Gasteiger partial charge in [0.1, 0.15) is 15.6 Å². The number of likely N-dealkylation sites (N-methyl/N-ethyl adjacent to an activating group) is 1. The van der Waals surface area contributed by atoms with E-state index in [9.17, 15) is 4.79 Å². The summed E-state index contributed by atoms with van der Waals surface area (Å²) in [5, 5.41) is 0.968. The maximum absolute atomic E-state index is 12.2. The molecule has 0 bridgehead atoms. The lowest BCUT2D eigenvalue weighted by Crippen LogP contribution is -2.46. The van der Waals surface area contributed by atoms with Crippen LogP contribution in [0.15, 0.2) is 0 Å². The van der Waals surface area contributed by atoms with Crippen LogP contribution < -0.4 is 15.4 Å². The molecule has 0 radical (unpaired) electrons.